The monoisotopic (exact) mass is 236 g/mol. The second-order valence-corrected chi connectivity index (χ2v) is 5.42. The molecule has 0 aliphatic carbocycles. The van der Waals surface area contributed by atoms with Crippen molar-refractivity contribution in [2.75, 3.05) is 0 Å². The van der Waals surface area contributed by atoms with E-state index in [1.807, 2.05) is 45.9 Å². The normalized spacial score (nSPS) is 21.8. The summed E-state index contributed by atoms with van der Waals surface area (Å²) in [6.45, 7) is 7.46. The quantitative estimate of drug-likeness (QED) is 0.734. The Labute approximate surface area is 102 Å². The second kappa shape index (κ2) is 4.11. The van der Waals surface area contributed by atoms with Gasteiger partial charge in [0.1, 0.15) is 6.67 Å². The molecule has 0 N–H and O–H groups in total. The van der Waals surface area contributed by atoms with Crippen LogP contribution in [0.2, 0.25) is 0 Å². The van der Waals surface area contributed by atoms with Crippen LogP contribution in [-0.2, 0) is 16.0 Å². The van der Waals surface area contributed by atoms with Gasteiger partial charge in [0, 0.05) is 0 Å². The van der Waals surface area contributed by atoms with Crippen molar-refractivity contribution in [3.8, 4) is 0 Å². The zero-order chi connectivity index (χ0) is 12.7. The predicted octanol–water partition coefficient (Wildman–Crippen LogP) is 2.46. The molecule has 1 saturated heterocycles. The third-order valence-electron chi connectivity index (χ3n) is 3.71. The summed E-state index contributed by atoms with van der Waals surface area (Å²) in [4.78, 5) is 0. The highest BCUT2D eigenvalue weighted by molar-refractivity contribution is 6.62. The van der Waals surface area contributed by atoms with Gasteiger partial charge >= 0.3 is 7.12 Å². The van der Waals surface area contributed by atoms with Gasteiger partial charge in [0.15, 0.2) is 0 Å². The van der Waals surface area contributed by atoms with Gasteiger partial charge in [-0.05, 0) is 38.7 Å². The lowest BCUT2D eigenvalue weighted by atomic mass is 9.76. The van der Waals surface area contributed by atoms with Crippen molar-refractivity contribution in [2.24, 2.45) is 0 Å². The summed E-state index contributed by atoms with van der Waals surface area (Å²) in [5.74, 6) is 0. The minimum absolute atomic E-state index is 0.388. The minimum atomic E-state index is -0.500. The summed E-state index contributed by atoms with van der Waals surface area (Å²) < 4.78 is 24.7. The van der Waals surface area contributed by atoms with Gasteiger partial charge in [-0.2, -0.15) is 0 Å². The average molecular weight is 236 g/mol. The molecule has 0 bridgehead atoms. The fourth-order valence-corrected chi connectivity index (χ4v) is 1.86. The first kappa shape index (κ1) is 12.6. The number of benzene rings is 1. The number of halogens is 1. The summed E-state index contributed by atoms with van der Waals surface area (Å²) >= 11 is 0. The molecule has 0 spiro atoms. The molecule has 2 rings (SSSR count). The van der Waals surface area contributed by atoms with Crippen LogP contribution in [0, 0.1) is 0 Å². The summed E-state index contributed by atoms with van der Waals surface area (Å²) in [7, 11) is -0.480. The van der Waals surface area contributed by atoms with Crippen molar-refractivity contribution >= 4 is 12.6 Å². The van der Waals surface area contributed by atoms with Gasteiger partial charge < -0.3 is 9.31 Å². The van der Waals surface area contributed by atoms with Crippen molar-refractivity contribution in [2.45, 2.75) is 45.6 Å². The van der Waals surface area contributed by atoms with E-state index in [2.05, 4.69) is 0 Å². The molecule has 0 atom stereocenters. The minimum Gasteiger partial charge on any atom is -0.399 e. The van der Waals surface area contributed by atoms with Crippen molar-refractivity contribution in [3.05, 3.63) is 29.8 Å². The molecule has 1 aliphatic rings. The van der Waals surface area contributed by atoms with Crippen molar-refractivity contribution in [1.29, 1.82) is 0 Å². The molecule has 17 heavy (non-hydrogen) atoms. The molecule has 0 amide bonds. The zero-order valence-electron chi connectivity index (χ0n) is 10.8. The Hall–Kier alpha value is -0.865. The number of hydrogen-bond acceptors (Lipinski definition) is 2. The van der Waals surface area contributed by atoms with Crippen molar-refractivity contribution in [1.82, 2.24) is 0 Å². The lowest BCUT2D eigenvalue weighted by Gasteiger charge is -2.32. The molecule has 1 aromatic carbocycles. The Balaban J connectivity index is 2.32. The van der Waals surface area contributed by atoms with Gasteiger partial charge in [-0.1, -0.05) is 24.3 Å². The SMILES string of the molecule is CC1(C)OB(c2ccccc2CF)OC1(C)C. The third kappa shape index (κ3) is 2.12. The summed E-state index contributed by atoms with van der Waals surface area (Å²) in [5, 5.41) is 0. The van der Waals surface area contributed by atoms with E-state index in [0.29, 0.717) is 5.56 Å². The fraction of sp³-hybridized carbons (Fsp3) is 0.538. The maximum atomic E-state index is 12.9. The van der Waals surface area contributed by atoms with Crippen LogP contribution in [0.4, 0.5) is 4.39 Å². The number of hydrogen-bond donors (Lipinski definition) is 0. The van der Waals surface area contributed by atoms with Gasteiger partial charge in [0.25, 0.3) is 0 Å². The summed E-state index contributed by atoms with van der Waals surface area (Å²) in [5.41, 5.74) is 0.641. The zero-order valence-corrected chi connectivity index (χ0v) is 10.8. The lowest BCUT2D eigenvalue weighted by molar-refractivity contribution is 0.00578. The molecule has 0 aromatic heterocycles. The van der Waals surface area contributed by atoms with Crippen LogP contribution in [0.1, 0.15) is 33.3 Å². The molecule has 1 fully saturated rings. The Morgan fingerprint density at radius 3 is 2.12 bits per heavy atom. The second-order valence-electron chi connectivity index (χ2n) is 5.42. The van der Waals surface area contributed by atoms with Gasteiger partial charge in [-0.3, -0.25) is 0 Å². The molecule has 2 nitrogen and oxygen atoms in total. The molecule has 0 radical (unpaired) electrons. The van der Waals surface area contributed by atoms with E-state index < -0.39 is 13.8 Å². The Morgan fingerprint density at radius 1 is 1.06 bits per heavy atom. The van der Waals surface area contributed by atoms with Gasteiger partial charge in [-0.25, -0.2) is 4.39 Å². The van der Waals surface area contributed by atoms with Gasteiger partial charge in [0.05, 0.1) is 11.2 Å². The summed E-state index contributed by atoms with van der Waals surface area (Å²) in [6, 6.07) is 7.32. The Bertz CT molecular complexity index is 402. The Kier molecular flexibility index (Phi) is 3.04. The highest BCUT2D eigenvalue weighted by Crippen LogP contribution is 2.36. The Morgan fingerprint density at radius 2 is 1.59 bits per heavy atom. The molecule has 92 valence electrons. The van der Waals surface area contributed by atoms with Crippen LogP contribution in [0.15, 0.2) is 24.3 Å². The first-order valence-electron chi connectivity index (χ1n) is 5.87. The van der Waals surface area contributed by atoms with Crippen molar-refractivity contribution < 1.29 is 13.7 Å². The van der Waals surface area contributed by atoms with Crippen LogP contribution >= 0.6 is 0 Å². The highest BCUT2D eigenvalue weighted by atomic mass is 19.1. The van der Waals surface area contributed by atoms with E-state index in [9.17, 15) is 4.39 Å². The predicted molar refractivity (Wildman–Crippen MR) is 67.0 cm³/mol. The van der Waals surface area contributed by atoms with E-state index in [1.165, 1.54) is 0 Å². The van der Waals surface area contributed by atoms with E-state index >= 15 is 0 Å². The largest absolute Gasteiger partial charge is 0.495 e. The molecule has 1 aromatic rings. The standard InChI is InChI=1S/C13H18BFO2/c1-12(2)13(3,4)17-14(16-12)11-8-6-5-7-10(11)9-15/h5-8H,9H2,1-4H3. The molecule has 1 aliphatic heterocycles. The van der Waals surface area contributed by atoms with E-state index in [1.54, 1.807) is 6.07 Å². The number of rotatable bonds is 2. The van der Waals surface area contributed by atoms with Crippen LogP contribution in [0.3, 0.4) is 0 Å². The molecule has 0 saturated carbocycles. The fourth-order valence-electron chi connectivity index (χ4n) is 1.86. The van der Waals surface area contributed by atoms with E-state index in [0.717, 1.165) is 5.46 Å². The van der Waals surface area contributed by atoms with E-state index in [4.69, 9.17) is 9.31 Å². The van der Waals surface area contributed by atoms with Crippen LogP contribution in [0.25, 0.3) is 0 Å². The van der Waals surface area contributed by atoms with E-state index in [-0.39, 0.29) is 11.2 Å². The molecule has 1 heterocycles. The molecule has 0 unspecified atom stereocenters. The first-order chi connectivity index (χ1) is 7.87. The van der Waals surface area contributed by atoms with Crippen molar-refractivity contribution in [3.63, 3.8) is 0 Å². The third-order valence-corrected chi connectivity index (χ3v) is 3.71. The maximum Gasteiger partial charge on any atom is 0.495 e. The topological polar surface area (TPSA) is 18.5 Å². The number of alkyl halides is 1. The van der Waals surface area contributed by atoms with Crippen LogP contribution in [0.5, 0.6) is 0 Å². The molecular formula is C13H18BFO2. The van der Waals surface area contributed by atoms with Gasteiger partial charge in [0.2, 0.25) is 0 Å². The highest BCUT2D eigenvalue weighted by Gasteiger charge is 2.52. The molecular weight excluding hydrogens is 218 g/mol. The van der Waals surface area contributed by atoms with Crippen LogP contribution in [-0.4, -0.2) is 18.3 Å². The first-order valence-corrected chi connectivity index (χ1v) is 5.87. The maximum absolute atomic E-state index is 12.9. The van der Waals surface area contributed by atoms with Crippen LogP contribution < -0.4 is 5.46 Å². The van der Waals surface area contributed by atoms with Gasteiger partial charge in [-0.15, -0.1) is 0 Å². The summed E-state index contributed by atoms with van der Waals surface area (Å²) in [6.07, 6.45) is 0. The average Bonchev–Trinajstić information content (AvgIpc) is 2.48. The molecule has 4 heteroatoms. The lowest BCUT2D eigenvalue weighted by Crippen LogP contribution is -2.41. The smallest absolute Gasteiger partial charge is 0.399 e.